The number of benzene rings is 1. The lowest BCUT2D eigenvalue weighted by molar-refractivity contribution is -0.125. The molecule has 2 aromatic rings. The van der Waals surface area contributed by atoms with Crippen molar-refractivity contribution in [2.45, 2.75) is 32.7 Å². The van der Waals surface area contributed by atoms with Crippen molar-refractivity contribution in [1.29, 1.82) is 0 Å². The average molecular weight is 345 g/mol. The lowest BCUT2D eigenvalue weighted by Gasteiger charge is -2.23. The summed E-state index contributed by atoms with van der Waals surface area (Å²) >= 11 is 0. The number of carbonyl (C=O) groups is 1. The van der Waals surface area contributed by atoms with Crippen LogP contribution in [-0.4, -0.2) is 29.7 Å². The highest BCUT2D eigenvalue weighted by Crippen LogP contribution is 2.32. The molecule has 25 heavy (non-hydrogen) atoms. The maximum atomic E-state index is 12.7. The molecule has 0 bridgehead atoms. The zero-order valence-electron chi connectivity index (χ0n) is 15.6. The number of ether oxygens (including phenoxy) is 2. The molecule has 0 fully saturated rings. The largest absolute Gasteiger partial charge is 0.493 e. The minimum absolute atomic E-state index is 0.0112. The fraction of sp³-hybridized carbons (Fsp3) is 0.474. The Labute approximate surface area is 149 Å². The summed E-state index contributed by atoms with van der Waals surface area (Å²) in [5.74, 6) is 2.06. The second-order valence-electron chi connectivity index (χ2n) is 5.97. The van der Waals surface area contributed by atoms with Crippen molar-refractivity contribution in [3.8, 4) is 11.5 Å². The number of methoxy groups -OCH3 is 2. The number of hydrogen-bond acceptors (Lipinski definition) is 4. The predicted molar refractivity (Wildman–Crippen MR) is 96.8 cm³/mol. The van der Waals surface area contributed by atoms with Crippen LogP contribution in [0.2, 0.25) is 0 Å². The van der Waals surface area contributed by atoms with Crippen molar-refractivity contribution in [2.24, 2.45) is 13.0 Å². The van der Waals surface area contributed by atoms with Crippen LogP contribution < -0.4 is 14.8 Å². The van der Waals surface area contributed by atoms with E-state index in [4.69, 9.17) is 9.47 Å². The maximum absolute atomic E-state index is 12.7. The minimum atomic E-state index is -0.354. The predicted octanol–water partition coefficient (Wildman–Crippen LogP) is 3.08. The molecule has 136 valence electrons. The molecule has 0 aliphatic heterocycles. The molecule has 0 spiro atoms. The van der Waals surface area contributed by atoms with Crippen molar-refractivity contribution in [3.05, 3.63) is 42.0 Å². The van der Waals surface area contributed by atoms with Gasteiger partial charge in [0.1, 0.15) is 11.9 Å². The van der Waals surface area contributed by atoms with Crippen LogP contribution >= 0.6 is 0 Å². The molecule has 0 saturated carbocycles. The quantitative estimate of drug-likeness (QED) is 0.798. The van der Waals surface area contributed by atoms with Crippen LogP contribution in [0.4, 0.5) is 0 Å². The molecule has 0 saturated heterocycles. The van der Waals surface area contributed by atoms with E-state index < -0.39 is 0 Å². The number of aromatic nitrogens is 2. The standard InChI is InChI=1S/C19H27N3O3/c1-6-13(7-2)19(23)21-17(18-20-10-11-22(18)3)14-8-9-15(24-4)16(12-14)25-5/h8-13,17H,6-7H2,1-5H3,(H,21,23). The number of imidazole rings is 1. The van der Waals surface area contributed by atoms with E-state index in [9.17, 15) is 4.79 Å². The van der Waals surface area contributed by atoms with Gasteiger partial charge < -0.3 is 19.4 Å². The topological polar surface area (TPSA) is 65.4 Å². The van der Waals surface area contributed by atoms with Crippen LogP contribution in [0.5, 0.6) is 11.5 Å². The Hall–Kier alpha value is -2.50. The highest BCUT2D eigenvalue weighted by Gasteiger charge is 2.25. The summed E-state index contributed by atoms with van der Waals surface area (Å²) in [7, 11) is 5.11. The second kappa shape index (κ2) is 8.55. The summed E-state index contributed by atoms with van der Waals surface area (Å²) in [6.45, 7) is 4.06. The third-order valence-corrected chi connectivity index (χ3v) is 4.50. The van der Waals surface area contributed by atoms with E-state index in [1.165, 1.54) is 0 Å². The van der Waals surface area contributed by atoms with Gasteiger partial charge in [-0.3, -0.25) is 4.79 Å². The molecule has 2 rings (SSSR count). The maximum Gasteiger partial charge on any atom is 0.223 e. The van der Waals surface area contributed by atoms with E-state index in [0.29, 0.717) is 11.5 Å². The van der Waals surface area contributed by atoms with Gasteiger partial charge in [-0.2, -0.15) is 0 Å². The summed E-state index contributed by atoms with van der Waals surface area (Å²) in [5.41, 5.74) is 0.895. The van der Waals surface area contributed by atoms with Gasteiger partial charge in [-0.15, -0.1) is 0 Å². The van der Waals surface area contributed by atoms with E-state index in [1.807, 2.05) is 49.9 Å². The summed E-state index contributed by atoms with van der Waals surface area (Å²) in [4.78, 5) is 17.1. The van der Waals surface area contributed by atoms with Gasteiger partial charge in [0, 0.05) is 25.4 Å². The second-order valence-corrected chi connectivity index (χ2v) is 5.97. The number of rotatable bonds is 8. The molecule has 1 N–H and O–H groups in total. The summed E-state index contributed by atoms with van der Waals surface area (Å²) in [6.07, 6.45) is 5.21. The number of nitrogens with zero attached hydrogens (tertiary/aromatic N) is 2. The fourth-order valence-corrected chi connectivity index (χ4v) is 2.90. The van der Waals surface area contributed by atoms with Crippen molar-refractivity contribution in [1.82, 2.24) is 14.9 Å². The fourth-order valence-electron chi connectivity index (χ4n) is 2.90. The van der Waals surface area contributed by atoms with E-state index in [0.717, 1.165) is 24.2 Å². The Balaban J connectivity index is 2.42. The highest BCUT2D eigenvalue weighted by atomic mass is 16.5. The van der Waals surface area contributed by atoms with Gasteiger partial charge in [0.25, 0.3) is 0 Å². The zero-order valence-corrected chi connectivity index (χ0v) is 15.6. The van der Waals surface area contributed by atoms with Crippen molar-refractivity contribution in [2.75, 3.05) is 14.2 Å². The van der Waals surface area contributed by atoms with Gasteiger partial charge in [-0.1, -0.05) is 19.9 Å². The Morgan fingerprint density at radius 1 is 1.20 bits per heavy atom. The Kier molecular flexibility index (Phi) is 6.44. The Morgan fingerprint density at radius 3 is 2.40 bits per heavy atom. The van der Waals surface area contributed by atoms with Crippen LogP contribution in [0.15, 0.2) is 30.6 Å². The molecule has 1 heterocycles. The van der Waals surface area contributed by atoms with Gasteiger partial charge in [-0.05, 0) is 30.5 Å². The summed E-state index contributed by atoms with van der Waals surface area (Å²) in [6, 6.07) is 5.29. The molecule has 1 aromatic heterocycles. The number of nitrogens with one attached hydrogen (secondary N) is 1. The number of carbonyl (C=O) groups excluding carboxylic acids is 1. The van der Waals surface area contributed by atoms with Gasteiger partial charge >= 0.3 is 0 Å². The third-order valence-electron chi connectivity index (χ3n) is 4.50. The van der Waals surface area contributed by atoms with Gasteiger partial charge in [0.2, 0.25) is 5.91 Å². The van der Waals surface area contributed by atoms with E-state index in [1.54, 1.807) is 20.4 Å². The normalized spacial score (nSPS) is 12.1. The molecule has 0 aliphatic carbocycles. The van der Waals surface area contributed by atoms with Gasteiger partial charge in [0.15, 0.2) is 11.5 Å². The number of hydrogen-bond donors (Lipinski definition) is 1. The molecule has 0 radical (unpaired) electrons. The van der Waals surface area contributed by atoms with Crippen LogP contribution in [0.25, 0.3) is 0 Å². The van der Waals surface area contributed by atoms with Gasteiger partial charge in [-0.25, -0.2) is 4.98 Å². The lowest BCUT2D eigenvalue weighted by Crippen LogP contribution is -2.35. The van der Waals surface area contributed by atoms with Crippen LogP contribution in [-0.2, 0) is 11.8 Å². The molecule has 1 amide bonds. The molecular formula is C19H27N3O3. The van der Waals surface area contributed by atoms with Crippen molar-refractivity contribution >= 4 is 5.91 Å². The lowest BCUT2D eigenvalue weighted by atomic mass is 10.00. The van der Waals surface area contributed by atoms with Crippen molar-refractivity contribution in [3.63, 3.8) is 0 Å². The molecule has 6 heteroatoms. The van der Waals surface area contributed by atoms with Crippen LogP contribution in [0.1, 0.15) is 44.1 Å². The van der Waals surface area contributed by atoms with E-state index in [2.05, 4.69) is 10.3 Å². The van der Waals surface area contributed by atoms with E-state index in [-0.39, 0.29) is 17.9 Å². The minimum Gasteiger partial charge on any atom is -0.493 e. The number of amides is 1. The molecule has 1 aromatic carbocycles. The summed E-state index contributed by atoms with van der Waals surface area (Å²) < 4.78 is 12.6. The average Bonchev–Trinajstić information content (AvgIpc) is 3.05. The van der Waals surface area contributed by atoms with Crippen LogP contribution in [0.3, 0.4) is 0 Å². The smallest absolute Gasteiger partial charge is 0.223 e. The molecule has 0 aliphatic rings. The summed E-state index contributed by atoms with van der Waals surface area (Å²) in [5, 5.41) is 3.15. The Bertz CT molecular complexity index is 708. The molecule has 6 nitrogen and oxygen atoms in total. The first kappa shape index (κ1) is 18.8. The number of aryl methyl sites for hydroxylation is 1. The van der Waals surface area contributed by atoms with Gasteiger partial charge in [0.05, 0.1) is 14.2 Å². The van der Waals surface area contributed by atoms with Crippen LogP contribution in [0, 0.1) is 5.92 Å². The first-order valence-electron chi connectivity index (χ1n) is 8.55. The van der Waals surface area contributed by atoms with E-state index >= 15 is 0 Å². The first-order valence-corrected chi connectivity index (χ1v) is 8.55. The third kappa shape index (κ3) is 4.13. The monoisotopic (exact) mass is 345 g/mol. The SMILES string of the molecule is CCC(CC)C(=O)NC(c1ccc(OC)c(OC)c1)c1nccn1C. The Morgan fingerprint density at radius 2 is 1.88 bits per heavy atom. The zero-order chi connectivity index (χ0) is 18.4. The molecular weight excluding hydrogens is 318 g/mol. The van der Waals surface area contributed by atoms with Crippen molar-refractivity contribution < 1.29 is 14.3 Å². The molecule has 1 unspecified atom stereocenters. The highest BCUT2D eigenvalue weighted by molar-refractivity contribution is 5.79. The molecule has 1 atom stereocenters. The first-order chi connectivity index (χ1) is 12.0.